The first-order chi connectivity index (χ1) is 22.8. The molecule has 1 aromatic carbocycles. The van der Waals surface area contributed by atoms with Crippen LogP contribution in [0.5, 0.6) is 0 Å². The van der Waals surface area contributed by atoms with Crippen molar-refractivity contribution in [1.29, 1.82) is 0 Å². The number of rotatable bonds is 36. The lowest BCUT2D eigenvalue weighted by Crippen LogP contribution is -2.28. The first kappa shape index (κ1) is 42.2. The Morgan fingerprint density at radius 3 is 1.28 bits per heavy atom. The number of alkyl carbamates (subject to hydrolysis) is 1. The zero-order valence-electron chi connectivity index (χ0n) is 28.3. The molecule has 1 amide bonds. The van der Waals surface area contributed by atoms with Gasteiger partial charge < -0.3 is 52.7 Å². The lowest BCUT2D eigenvalue weighted by molar-refractivity contribution is -0.0249. The standard InChI is InChI=1S/C34H61NO11/c1-2-3-4-5-6-10-14-37-16-18-39-20-22-41-24-26-43-28-30-45-31-29-44-27-25-42-23-21-40-19-17-38-15-13-35-34(36)46-32-33-11-8-7-9-12-33/h7-9,11-12H,2-6,10,13-32H2,1H3,(H,35,36). The molecular formula is C34H61NO11. The molecule has 0 bridgehead atoms. The summed E-state index contributed by atoms with van der Waals surface area (Å²) in [7, 11) is 0. The Morgan fingerprint density at radius 2 is 0.848 bits per heavy atom. The average molecular weight is 660 g/mol. The molecule has 12 nitrogen and oxygen atoms in total. The molecule has 1 aromatic rings. The SMILES string of the molecule is CCCCCCCCOCCOCCOCCOCCOCCOCCOCCOCCOCCNC(=O)OCc1ccccc1. The van der Waals surface area contributed by atoms with Crippen LogP contribution in [0.2, 0.25) is 0 Å². The van der Waals surface area contributed by atoms with Crippen molar-refractivity contribution in [3.63, 3.8) is 0 Å². The number of benzene rings is 1. The fourth-order valence-electron chi connectivity index (χ4n) is 3.85. The quantitative estimate of drug-likeness (QED) is 0.103. The topological polar surface area (TPSA) is 121 Å². The molecule has 0 aliphatic rings. The van der Waals surface area contributed by atoms with Crippen molar-refractivity contribution in [2.24, 2.45) is 0 Å². The number of carbonyl (C=O) groups is 1. The second kappa shape index (κ2) is 36.0. The van der Waals surface area contributed by atoms with Crippen LogP contribution in [0, 0.1) is 0 Å². The Morgan fingerprint density at radius 1 is 0.478 bits per heavy atom. The Hall–Kier alpha value is -1.87. The van der Waals surface area contributed by atoms with Gasteiger partial charge in [0.15, 0.2) is 0 Å². The smallest absolute Gasteiger partial charge is 0.407 e. The first-order valence-corrected chi connectivity index (χ1v) is 17.0. The molecule has 0 spiro atoms. The van der Waals surface area contributed by atoms with Crippen molar-refractivity contribution in [2.45, 2.75) is 52.1 Å². The zero-order chi connectivity index (χ0) is 32.9. The lowest BCUT2D eigenvalue weighted by Gasteiger charge is -2.09. The van der Waals surface area contributed by atoms with E-state index in [4.69, 9.17) is 47.4 Å². The highest BCUT2D eigenvalue weighted by Crippen LogP contribution is 2.05. The average Bonchev–Trinajstić information content (AvgIpc) is 3.08. The summed E-state index contributed by atoms with van der Waals surface area (Å²) in [5, 5.41) is 2.65. The van der Waals surface area contributed by atoms with Gasteiger partial charge in [-0.3, -0.25) is 0 Å². The third kappa shape index (κ3) is 32.1. The summed E-state index contributed by atoms with van der Waals surface area (Å²) in [5.41, 5.74) is 0.941. The van der Waals surface area contributed by atoms with E-state index in [-0.39, 0.29) is 6.61 Å². The minimum atomic E-state index is -0.465. The lowest BCUT2D eigenvalue weighted by atomic mass is 10.1. The fraction of sp³-hybridized carbons (Fsp3) is 0.794. The Bertz CT molecular complexity index is 745. The minimum Gasteiger partial charge on any atom is -0.445 e. The second-order valence-electron chi connectivity index (χ2n) is 10.3. The van der Waals surface area contributed by atoms with Crippen LogP contribution < -0.4 is 5.32 Å². The van der Waals surface area contributed by atoms with Gasteiger partial charge in [0.25, 0.3) is 0 Å². The van der Waals surface area contributed by atoms with Crippen molar-refractivity contribution in [2.75, 3.05) is 125 Å². The monoisotopic (exact) mass is 659 g/mol. The van der Waals surface area contributed by atoms with Crippen molar-refractivity contribution >= 4 is 6.09 Å². The van der Waals surface area contributed by atoms with Gasteiger partial charge in [0.2, 0.25) is 0 Å². The molecule has 12 heteroatoms. The van der Waals surface area contributed by atoms with Gasteiger partial charge in [-0.15, -0.1) is 0 Å². The summed E-state index contributed by atoms with van der Waals surface area (Å²) in [4.78, 5) is 11.6. The highest BCUT2D eigenvalue weighted by molar-refractivity contribution is 5.67. The third-order valence-electron chi connectivity index (χ3n) is 6.35. The second-order valence-corrected chi connectivity index (χ2v) is 10.3. The molecule has 0 saturated heterocycles. The van der Waals surface area contributed by atoms with E-state index in [0.29, 0.717) is 119 Å². The molecule has 46 heavy (non-hydrogen) atoms. The van der Waals surface area contributed by atoms with Crippen molar-refractivity contribution in [3.8, 4) is 0 Å². The van der Waals surface area contributed by atoms with Gasteiger partial charge in [-0.2, -0.15) is 0 Å². The Balaban J connectivity index is 1.64. The van der Waals surface area contributed by atoms with E-state index in [1.165, 1.54) is 32.1 Å². The molecule has 0 atom stereocenters. The molecular weight excluding hydrogens is 598 g/mol. The molecule has 0 aromatic heterocycles. The number of hydrogen-bond donors (Lipinski definition) is 1. The van der Waals surface area contributed by atoms with E-state index in [2.05, 4.69) is 12.2 Å². The van der Waals surface area contributed by atoms with E-state index in [0.717, 1.165) is 18.6 Å². The molecule has 0 saturated carbocycles. The van der Waals surface area contributed by atoms with Crippen molar-refractivity contribution < 1.29 is 52.2 Å². The third-order valence-corrected chi connectivity index (χ3v) is 6.35. The molecule has 0 fully saturated rings. The highest BCUT2D eigenvalue weighted by Gasteiger charge is 2.02. The molecule has 0 aliphatic heterocycles. The van der Waals surface area contributed by atoms with Gasteiger partial charge in [0, 0.05) is 13.2 Å². The van der Waals surface area contributed by atoms with Gasteiger partial charge in [-0.05, 0) is 12.0 Å². The predicted molar refractivity (Wildman–Crippen MR) is 175 cm³/mol. The minimum absolute atomic E-state index is 0.242. The molecule has 0 heterocycles. The zero-order valence-corrected chi connectivity index (χ0v) is 28.3. The van der Waals surface area contributed by atoms with Crippen molar-refractivity contribution in [1.82, 2.24) is 5.32 Å². The summed E-state index contributed by atoms with van der Waals surface area (Å²) in [6.07, 6.45) is 7.20. The summed E-state index contributed by atoms with van der Waals surface area (Å²) in [6.45, 7) is 12.4. The highest BCUT2D eigenvalue weighted by atomic mass is 16.6. The normalized spacial score (nSPS) is 11.2. The first-order valence-electron chi connectivity index (χ1n) is 17.0. The number of ether oxygens (including phenoxy) is 10. The summed E-state index contributed by atoms with van der Waals surface area (Å²) in [6, 6.07) is 9.52. The number of nitrogens with one attached hydrogen (secondary N) is 1. The number of hydrogen-bond acceptors (Lipinski definition) is 11. The van der Waals surface area contributed by atoms with Crippen LogP contribution in [0.15, 0.2) is 30.3 Å². The van der Waals surface area contributed by atoms with Gasteiger partial charge in [-0.1, -0.05) is 69.4 Å². The molecule has 0 unspecified atom stereocenters. The number of unbranched alkanes of at least 4 members (excludes halogenated alkanes) is 5. The van der Waals surface area contributed by atoms with Crippen LogP contribution in [-0.4, -0.2) is 132 Å². The Kier molecular flexibility index (Phi) is 33.0. The van der Waals surface area contributed by atoms with Gasteiger partial charge in [0.05, 0.1) is 112 Å². The molecule has 1 N–H and O–H groups in total. The molecule has 1 rings (SSSR count). The Labute approximate surface area is 276 Å². The van der Waals surface area contributed by atoms with Crippen LogP contribution in [-0.2, 0) is 54.0 Å². The maximum absolute atomic E-state index is 11.6. The molecule has 0 radical (unpaired) electrons. The van der Waals surface area contributed by atoms with Crippen molar-refractivity contribution in [3.05, 3.63) is 35.9 Å². The molecule has 268 valence electrons. The maximum Gasteiger partial charge on any atom is 0.407 e. The van der Waals surface area contributed by atoms with E-state index < -0.39 is 6.09 Å². The molecule has 0 aliphatic carbocycles. The largest absolute Gasteiger partial charge is 0.445 e. The summed E-state index contributed by atoms with van der Waals surface area (Å²) >= 11 is 0. The van der Waals surface area contributed by atoms with Gasteiger partial charge >= 0.3 is 6.09 Å². The van der Waals surface area contributed by atoms with E-state index in [1.54, 1.807) is 0 Å². The summed E-state index contributed by atoms with van der Waals surface area (Å²) in [5.74, 6) is 0. The number of carbonyl (C=O) groups excluding carboxylic acids is 1. The van der Waals surface area contributed by atoms with E-state index >= 15 is 0 Å². The maximum atomic E-state index is 11.6. The van der Waals surface area contributed by atoms with E-state index in [1.807, 2.05) is 30.3 Å². The van der Waals surface area contributed by atoms with Gasteiger partial charge in [-0.25, -0.2) is 4.79 Å². The van der Waals surface area contributed by atoms with Gasteiger partial charge in [0.1, 0.15) is 6.61 Å². The fourth-order valence-corrected chi connectivity index (χ4v) is 3.85. The number of amides is 1. The van der Waals surface area contributed by atoms with Crippen LogP contribution in [0.3, 0.4) is 0 Å². The summed E-state index contributed by atoms with van der Waals surface area (Å²) < 4.78 is 54.5. The predicted octanol–water partition coefficient (Wildman–Crippen LogP) is 4.42. The van der Waals surface area contributed by atoms with E-state index in [9.17, 15) is 4.79 Å². The van der Waals surface area contributed by atoms with Crippen LogP contribution >= 0.6 is 0 Å². The van der Waals surface area contributed by atoms with Crippen LogP contribution in [0.1, 0.15) is 51.0 Å². The van der Waals surface area contributed by atoms with Crippen LogP contribution in [0.25, 0.3) is 0 Å². The van der Waals surface area contributed by atoms with Crippen LogP contribution in [0.4, 0.5) is 4.79 Å².